The van der Waals surface area contributed by atoms with E-state index in [1.54, 1.807) is 0 Å². The van der Waals surface area contributed by atoms with E-state index in [1.165, 1.54) is 5.56 Å². The fourth-order valence-corrected chi connectivity index (χ4v) is 2.45. The average molecular weight is 354 g/mol. The number of rotatable bonds is 5. The van der Waals surface area contributed by atoms with Crippen LogP contribution in [-0.4, -0.2) is 16.7 Å². The maximum Gasteiger partial charge on any atom is 0.148 e. The summed E-state index contributed by atoms with van der Waals surface area (Å²) >= 11 is 3.43. The monoisotopic (exact) mass is 353 g/mol. The summed E-state index contributed by atoms with van der Waals surface area (Å²) in [7, 11) is 0. The largest absolute Gasteiger partial charge is 0.368 e. The molecule has 0 atom stereocenters. The van der Waals surface area contributed by atoms with Gasteiger partial charge in [-0.05, 0) is 36.2 Å². The van der Waals surface area contributed by atoms with Gasteiger partial charge in [0.05, 0.1) is 5.69 Å². The van der Waals surface area contributed by atoms with E-state index in [0.717, 1.165) is 34.5 Å². The molecule has 0 fully saturated rings. The van der Waals surface area contributed by atoms with Crippen molar-refractivity contribution in [2.24, 2.45) is 0 Å². The first-order chi connectivity index (χ1) is 10.8. The van der Waals surface area contributed by atoms with Crippen LogP contribution >= 0.6 is 15.9 Å². The molecule has 0 bridgehead atoms. The van der Waals surface area contributed by atoms with Crippen LogP contribution in [0.25, 0.3) is 11.3 Å². The van der Waals surface area contributed by atoms with E-state index in [4.69, 9.17) is 0 Å². The summed E-state index contributed by atoms with van der Waals surface area (Å²) in [6.07, 6.45) is 0.969. The van der Waals surface area contributed by atoms with E-state index in [9.17, 15) is 0 Å². The smallest absolute Gasteiger partial charge is 0.148 e. The van der Waals surface area contributed by atoms with Crippen LogP contribution in [0.2, 0.25) is 0 Å². The van der Waals surface area contributed by atoms with Gasteiger partial charge in [0.15, 0.2) is 0 Å². The van der Waals surface area contributed by atoms with Gasteiger partial charge in [-0.2, -0.15) is 0 Å². The molecule has 0 amide bonds. The summed E-state index contributed by atoms with van der Waals surface area (Å²) in [4.78, 5) is 0. The Morgan fingerprint density at radius 2 is 1.59 bits per heavy atom. The predicted molar refractivity (Wildman–Crippen MR) is 93.8 cm³/mol. The number of nitrogens with zero attached hydrogens (tertiary/aromatic N) is 2. The third-order valence-electron chi connectivity index (χ3n) is 3.37. The number of aromatic nitrogens is 2. The zero-order valence-electron chi connectivity index (χ0n) is 12.0. The van der Waals surface area contributed by atoms with Crippen molar-refractivity contribution < 1.29 is 0 Å². The Morgan fingerprint density at radius 3 is 2.27 bits per heavy atom. The molecule has 0 aliphatic carbocycles. The molecule has 3 rings (SSSR count). The van der Waals surface area contributed by atoms with Gasteiger partial charge in [0, 0.05) is 16.6 Å². The van der Waals surface area contributed by atoms with Crippen molar-refractivity contribution >= 4 is 21.7 Å². The third-order valence-corrected chi connectivity index (χ3v) is 3.90. The van der Waals surface area contributed by atoms with Crippen molar-refractivity contribution in [2.75, 3.05) is 11.9 Å². The maximum atomic E-state index is 4.28. The predicted octanol–water partition coefficient (Wildman–Crippen LogP) is 4.56. The Kier molecular flexibility index (Phi) is 4.81. The lowest BCUT2D eigenvalue weighted by atomic mass is 10.1. The summed E-state index contributed by atoms with van der Waals surface area (Å²) in [6.45, 7) is 0.844. The number of hydrogen-bond donors (Lipinski definition) is 1. The Labute approximate surface area is 138 Å². The molecule has 4 heteroatoms. The lowest BCUT2D eigenvalue weighted by Gasteiger charge is -2.06. The van der Waals surface area contributed by atoms with Crippen LogP contribution in [0.1, 0.15) is 5.56 Å². The molecule has 1 heterocycles. The Hall–Kier alpha value is -2.20. The van der Waals surface area contributed by atoms with Crippen molar-refractivity contribution in [3.8, 4) is 11.3 Å². The second kappa shape index (κ2) is 7.18. The van der Waals surface area contributed by atoms with Crippen LogP contribution in [0.4, 0.5) is 5.82 Å². The minimum absolute atomic E-state index is 0.803. The molecular formula is C18H16BrN3. The van der Waals surface area contributed by atoms with E-state index in [0.29, 0.717) is 0 Å². The van der Waals surface area contributed by atoms with E-state index in [1.807, 2.05) is 42.5 Å². The fourth-order valence-electron chi connectivity index (χ4n) is 2.18. The van der Waals surface area contributed by atoms with Gasteiger partial charge in [0.1, 0.15) is 5.82 Å². The van der Waals surface area contributed by atoms with Gasteiger partial charge < -0.3 is 5.32 Å². The molecule has 1 N–H and O–H groups in total. The molecule has 0 saturated carbocycles. The standard InChI is InChI=1S/C18H16BrN3/c19-16-8-6-15(7-9-16)17-10-11-18(22-21-17)20-13-12-14-4-2-1-3-5-14/h1-11H,12-13H2,(H,20,22). The second-order valence-corrected chi connectivity index (χ2v) is 5.89. The fraction of sp³-hybridized carbons (Fsp3) is 0.111. The highest BCUT2D eigenvalue weighted by Crippen LogP contribution is 2.19. The molecular weight excluding hydrogens is 338 g/mol. The first-order valence-corrected chi connectivity index (χ1v) is 7.98. The van der Waals surface area contributed by atoms with Crippen molar-refractivity contribution in [1.29, 1.82) is 0 Å². The summed E-state index contributed by atoms with van der Waals surface area (Å²) in [5, 5.41) is 11.8. The van der Waals surface area contributed by atoms with E-state index < -0.39 is 0 Å². The molecule has 22 heavy (non-hydrogen) atoms. The zero-order chi connectivity index (χ0) is 15.2. The zero-order valence-corrected chi connectivity index (χ0v) is 13.6. The average Bonchev–Trinajstić information content (AvgIpc) is 2.57. The minimum atomic E-state index is 0.803. The molecule has 3 aromatic rings. The summed E-state index contributed by atoms with van der Waals surface area (Å²) in [6, 6.07) is 22.4. The van der Waals surface area contributed by atoms with Gasteiger partial charge in [-0.15, -0.1) is 10.2 Å². The Bertz CT molecular complexity index is 710. The topological polar surface area (TPSA) is 37.8 Å². The van der Waals surface area contributed by atoms with Gasteiger partial charge in [-0.25, -0.2) is 0 Å². The summed E-state index contributed by atoms with van der Waals surface area (Å²) < 4.78 is 1.06. The lowest BCUT2D eigenvalue weighted by Crippen LogP contribution is -2.06. The summed E-state index contributed by atoms with van der Waals surface area (Å²) in [5.41, 5.74) is 3.25. The molecule has 110 valence electrons. The Balaban J connectivity index is 1.58. The van der Waals surface area contributed by atoms with Crippen molar-refractivity contribution in [2.45, 2.75) is 6.42 Å². The molecule has 0 unspecified atom stereocenters. The number of benzene rings is 2. The van der Waals surface area contributed by atoms with Crippen molar-refractivity contribution in [1.82, 2.24) is 10.2 Å². The number of anilines is 1. The van der Waals surface area contributed by atoms with Crippen molar-refractivity contribution in [3.63, 3.8) is 0 Å². The lowest BCUT2D eigenvalue weighted by molar-refractivity contribution is 0.970. The van der Waals surface area contributed by atoms with Crippen LogP contribution < -0.4 is 5.32 Å². The first-order valence-electron chi connectivity index (χ1n) is 7.19. The van der Waals surface area contributed by atoms with Gasteiger partial charge in [0.2, 0.25) is 0 Å². The highest BCUT2D eigenvalue weighted by Gasteiger charge is 2.01. The van der Waals surface area contributed by atoms with Gasteiger partial charge >= 0.3 is 0 Å². The third kappa shape index (κ3) is 3.92. The normalized spacial score (nSPS) is 10.4. The van der Waals surface area contributed by atoms with Crippen LogP contribution in [0.3, 0.4) is 0 Å². The van der Waals surface area contributed by atoms with Crippen LogP contribution in [0.5, 0.6) is 0 Å². The van der Waals surface area contributed by atoms with Gasteiger partial charge in [-0.1, -0.05) is 58.4 Å². The van der Waals surface area contributed by atoms with Gasteiger partial charge in [-0.3, -0.25) is 0 Å². The molecule has 0 saturated heterocycles. The Morgan fingerprint density at radius 1 is 0.818 bits per heavy atom. The van der Waals surface area contributed by atoms with E-state index in [2.05, 4.69) is 55.7 Å². The van der Waals surface area contributed by atoms with Crippen LogP contribution in [0, 0.1) is 0 Å². The summed E-state index contributed by atoms with van der Waals surface area (Å²) in [5.74, 6) is 0.803. The number of halogens is 1. The van der Waals surface area contributed by atoms with Crippen LogP contribution in [0.15, 0.2) is 71.2 Å². The quantitative estimate of drug-likeness (QED) is 0.730. The second-order valence-electron chi connectivity index (χ2n) is 4.97. The first kappa shape index (κ1) is 14.7. The van der Waals surface area contributed by atoms with Crippen molar-refractivity contribution in [3.05, 3.63) is 76.8 Å². The van der Waals surface area contributed by atoms with Gasteiger partial charge in [0.25, 0.3) is 0 Å². The molecule has 0 aliphatic heterocycles. The van der Waals surface area contributed by atoms with E-state index in [-0.39, 0.29) is 0 Å². The highest BCUT2D eigenvalue weighted by atomic mass is 79.9. The minimum Gasteiger partial charge on any atom is -0.368 e. The molecule has 0 radical (unpaired) electrons. The SMILES string of the molecule is Brc1ccc(-c2ccc(NCCc3ccccc3)nn2)cc1. The molecule has 1 aromatic heterocycles. The molecule has 0 aliphatic rings. The maximum absolute atomic E-state index is 4.28. The highest BCUT2D eigenvalue weighted by molar-refractivity contribution is 9.10. The van der Waals surface area contributed by atoms with E-state index >= 15 is 0 Å². The molecule has 3 nitrogen and oxygen atoms in total. The number of hydrogen-bond acceptors (Lipinski definition) is 3. The molecule has 2 aromatic carbocycles. The number of nitrogens with one attached hydrogen (secondary N) is 1. The molecule has 0 spiro atoms. The van der Waals surface area contributed by atoms with Crippen LogP contribution in [-0.2, 0) is 6.42 Å².